The summed E-state index contributed by atoms with van der Waals surface area (Å²) >= 11 is 12.7. The van der Waals surface area contributed by atoms with Gasteiger partial charge in [-0.25, -0.2) is 9.97 Å². The molecule has 1 aliphatic heterocycles. The van der Waals surface area contributed by atoms with E-state index in [4.69, 9.17) is 32.5 Å². The Hall–Kier alpha value is -3.38. The summed E-state index contributed by atoms with van der Waals surface area (Å²) < 4.78 is 33.7. The molecule has 182 valence electrons. The van der Waals surface area contributed by atoms with Crippen molar-refractivity contribution in [3.8, 4) is 11.5 Å². The van der Waals surface area contributed by atoms with Gasteiger partial charge in [0.25, 0.3) is 10.1 Å². The predicted octanol–water partition coefficient (Wildman–Crippen LogP) is 4.81. The normalized spacial score (nSPS) is 12.5. The first kappa shape index (κ1) is 24.7. The Morgan fingerprint density at radius 1 is 1.14 bits per heavy atom. The number of carbonyl (C=O) groups is 1. The van der Waals surface area contributed by atoms with Crippen molar-refractivity contribution in [3.63, 3.8) is 0 Å². The number of benzene rings is 2. The lowest BCUT2D eigenvalue weighted by Crippen LogP contribution is -2.03. The summed E-state index contributed by atoms with van der Waals surface area (Å²) in [5, 5.41) is 7.05. The largest absolute Gasteiger partial charge is 0.455 e. The smallest absolute Gasteiger partial charge is 0.261 e. The molecule has 0 spiro atoms. The molecule has 3 N–H and O–H groups in total. The van der Waals surface area contributed by atoms with Gasteiger partial charge in [-0.1, -0.05) is 29.3 Å². The van der Waals surface area contributed by atoms with Crippen molar-refractivity contribution in [2.75, 3.05) is 16.9 Å². The molecule has 0 saturated heterocycles. The topological polar surface area (TPSA) is 135 Å². The Morgan fingerprint density at radius 3 is 2.60 bits per heavy atom. The van der Waals surface area contributed by atoms with E-state index in [0.29, 0.717) is 33.7 Å². The van der Waals surface area contributed by atoms with Gasteiger partial charge in [0.1, 0.15) is 28.5 Å². The number of anilines is 3. The highest BCUT2D eigenvalue weighted by molar-refractivity contribution is 7.85. The van der Waals surface area contributed by atoms with Crippen LogP contribution in [0.5, 0.6) is 11.5 Å². The lowest BCUT2D eigenvalue weighted by atomic mass is 10.1. The van der Waals surface area contributed by atoms with Crippen LogP contribution in [0.2, 0.25) is 10.2 Å². The number of halogens is 2. The van der Waals surface area contributed by atoms with Crippen LogP contribution in [0.4, 0.5) is 17.2 Å². The maximum atomic E-state index is 11.7. The predicted molar refractivity (Wildman–Crippen MR) is 135 cm³/mol. The molecule has 35 heavy (non-hydrogen) atoms. The molecule has 0 saturated carbocycles. The van der Waals surface area contributed by atoms with Gasteiger partial charge in [0.15, 0.2) is 5.82 Å². The minimum absolute atomic E-state index is 0.0522. The van der Waals surface area contributed by atoms with Crippen LogP contribution in [-0.2, 0) is 28.4 Å². The molecule has 13 heteroatoms. The Balaban J connectivity index is 0.000000527. The van der Waals surface area contributed by atoms with E-state index in [9.17, 15) is 13.2 Å². The van der Waals surface area contributed by atoms with E-state index in [1.807, 2.05) is 35.9 Å². The van der Waals surface area contributed by atoms with E-state index in [2.05, 4.69) is 20.6 Å². The molecule has 0 fully saturated rings. The number of ether oxygens (including phenoxy) is 1. The van der Waals surface area contributed by atoms with Crippen molar-refractivity contribution < 1.29 is 22.5 Å². The van der Waals surface area contributed by atoms with Crippen LogP contribution in [0.3, 0.4) is 0 Å². The Kier molecular flexibility index (Phi) is 6.86. The van der Waals surface area contributed by atoms with Crippen molar-refractivity contribution in [2.24, 2.45) is 7.05 Å². The van der Waals surface area contributed by atoms with Crippen molar-refractivity contribution in [1.29, 1.82) is 0 Å². The molecule has 1 amide bonds. The molecule has 4 aromatic rings. The van der Waals surface area contributed by atoms with E-state index in [0.717, 1.165) is 28.0 Å². The fourth-order valence-corrected chi connectivity index (χ4v) is 3.88. The van der Waals surface area contributed by atoms with Gasteiger partial charge in [0.05, 0.1) is 23.2 Å². The Bertz CT molecular complexity index is 1550. The standard InChI is InChI=1S/C21H15Cl2N5O2.CH4O3S/c1-28-18(23)9-15-20(28)21(25-10-24-15)26-11-5-6-17(13(22)7-11)30-16-4-2-3-14-12(16)8-19(29)27-14;1-5(2,3)4/h2-7,9-10H,8H2,1H3,(H,27,29)(H,24,25,26);1H3,(H,2,3,4). The summed E-state index contributed by atoms with van der Waals surface area (Å²) in [4.78, 5) is 20.3. The summed E-state index contributed by atoms with van der Waals surface area (Å²) in [6.07, 6.45) is 2.48. The first-order valence-electron chi connectivity index (χ1n) is 10.0. The number of hydrogen-bond acceptors (Lipinski definition) is 7. The highest BCUT2D eigenvalue weighted by Gasteiger charge is 2.22. The van der Waals surface area contributed by atoms with Gasteiger partial charge in [0, 0.05) is 30.1 Å². The second-order valence-electron chi connectivity index (χ2n) is 7.59. The molecular formula is C22H19Cl2N5O5S. The number of nitrogens with one attached hydrogen (secondary N) is 2. The highest BCUT2D eigenvalue weighted by atomic mass is 35.5. The SMILES string of the molecule is CS(=O)(=O)O.Cn1c(Cl)cc2ncnc(Nc3ccc(Oc4cccc5c4CC(=O)N5)c(Cl)c3)c21. The first-order chi connectivity index (χ1) is 16.5. The maximum Gasteiger partial charge on any atom is 0.261 e. The van der Waals surface area contributed by atoms with Crippen LogP contribution in [0.15, 0.2) is 48.8 Å². The second kappa shape index (κ2) is 9.70. The zero-order valence-corrected chi connectivity index (χ0v) is 20.7. The molecule has 0 unspecified atom stereocenters. The molecule has 5 rings (SSSR count). The summed E-state index contributed by atoms with van der Waals surface area (Å²) in [6, 6.07) is 12.6. The fraction of sp³-hybridized carbons (Fsp3) is 0.136. The quantitative estimate of drug-likeness (QED) is 0.316. The van der Waals surface area contributed by atoms with Crippen LogP contribution < -0.4 is 15.4 Å². The van der Waals surface area contributed by atoms with Gasteiger partial charge < -0.3 is 19.9 Å². The molecular weight excluding hydrogens is 517 g/mol. The Labute approximate surface area is 210 Å². The van der Waals surface area contributed by atoms with Crippen LogP contribution in [0.25, 0.3) is 11.0 Å². The van der Waals surface area contributed by atoms with Crippen molar-refractivity contribution in [2.45, 2.75) is 6.42 Å². The van der Waals surface area contributed by atoms with E-state index < -0.39 is 10.1 Å². The van der Waals surface area contributed by atoms with Gasteiger partial charge in [0.2, 0.25) is 5.91 Å². The number of nitrogens with zero attached hydrogens (tertiary/aromatic N) is 3. The number of aromatic nitrogens is 3. The third-order valence-corrected chi connectivity index (χ3v) is 5.58. The average molecular weight is 536 g/mol. The molecule has 2 aromatic heterocycles. The fourth-order valence-electron chi connectivity index (χ4n) is 3.47. The van der Waals surface area contributed by atoms with Crippen LogP contribution in [0.1, 0.15) is 5.56 Å². The molecule has 0 atom stereocenters. The van der Waals surface area contributed by atoms with Crippen LogP contribution in [0, 0.1) is 0 Å². The van der Waals surface area contributed by atoms with Crippen LogP contribution >= 0.6 is 23.2 Å². The summed E-state index contributed by atoms with van der Waals surface area (Å²) in [7, 11) is -1.82. The van der Waals surface area contributed by atoms with Gasteiger partial charge >= 0.3 is 0 Å². The third kappa shape index (κ3) is 5.82. The maximum absolute atomic E-state index is 11.7. The average Bonchev–Trinajstić information content (AvgIpc) is 3.28. The minimum atomic E-state index is -3.67. The van der Waals surface area contributed by atoms with Crippen molar-refractivity contribution in [3.05, 3.63) is 64.5 Å². The van der Waals surface area contributed by atoms with E-state index in [1.54, 1.807) is 18.2 Å². The number of aryl methyl sites for hydroxylation is 1. The summed E-state index contributed by atoms with van der Waals surface area (Å²) in [5.74, 6) is 1.65. The van der Waals surface area contributed by atoms with Gasteiger partial charge in [-0.05, 0) is 30.3 Å². The number of fused-ring (bicyclic) bond motifs is 2. The Morgan fingerprint density at radius 2 is 1.89 bits per heavy atom. The molecule has 2 aromatic carbocycles. The lowest BCUT2D eigenvalue weighted by molar-refractivity contribution is -0.115. The molecule has 10 nitrogen and oxygen atoms in total. The number of carbonyl (C=O) groups excluding carboxylic acids is 1. The number of hydrogen-bond donors (Lipinski definition) is 3. The summed E-state index contributed by atoms with van der Waals surface area (Å²) in [6.45, 7) is 0. The zero-order chi connectivity index (χ0) is 25.3. The lowest BCUT2D eigenvalue weighted by Gasteiger charge is -2.13. The van der Waals surface area contributed by atoms with Crippen molar-refractivity contribution >= 4 is 67.5 Å². The monoisotopic (exact) mass is 535 g/mol. The molecule has 0 radical (unpaired) electrons. The van der Waals surface area contributed by atoms with Gasteiger partial charge in [-0.15, -0.1) is 0 Å². The van der Waals surface area contributed by atoms with Gasteiger partial charge in [-0.2, -0.15) is 8.42 Å². The first-order valence-corrected chi connectivity index (χ1v) is 12.6. The molecule has 1 aliphatic rings. The zero-order valence-electron chi connectivity index (χ0n) is 18.4. The molecule has 0 aliphatic carbocycles. The van der Waals surface area contributed by atoms with Crippen LogP contribution in [-0.4, -0.2) is 39.7 Å². The molecule has 3 heterocycles. The van der Waals surface area contributed by atoms with E-state index in [-0.39, 0.29) is 12.3 Å². The summed E-state index contributed by atoms with van der Waals surface area (Å²) in [5.41, 5.74) is 3.86. The third-order valence-electron chi connectivity index (χ3n) is 4.92. The van der Waals surface area contributed by atoms with Crippen molar-refractivity contribution in [1.82, 2.24) is 14.5 Å². The number of rotatable bonds is 4. The number of amides is 1. The second-order valence-corrected chi connectivity index (χ2v) is 9.86. The minimum Gasteiger partial charge on any atom is -0.455 e. The van der Waals surface area contributed by atoms with E-state index >= 15 is 0 Å². The van der Waals surface area contributed by atoms with Gasteiger partial charge in [-0.3, -0.25) is 9.35 Å². The highest BCUT2D eigenvalue weighted by Crippen LogP contribution is 2.38. The molecule has 0 bridgehead atoms. The van der Waals surface area contributed by atoms with E-state index in [1.165, 1.54) is 6.33 Å².